The minimum atomic E-state index is -0.583. The number of hydrogen-bond acceptors (Lipinski definition) is 4. The van der Waals surface area contributed by atoms with E-state index in [0.717, 1.165) is 0 Å². The van der Waals surface area contributed by atoms with Crippen LogP contribution >= 0.6 is 0 Å². The molecule has 0 aliphatic rings. The number of Topliss-reactive ketones (excluding diaryl/α,β-unsaturated/α-hetero) is 1. The van der Waals surface area contributed by atoms with E-state index in [9.17, 15) is 14.3 Å². The first-order chi connectivity index (χ1) is 13.0. The third-order valence-electron chi connectivity index (χ3n) is 4.06. The molecule has 0 saturated heterocycles. The van der Waals surface area contributed by atoms with Crippen LogP contribution in [0.25, 0.3) is 11.1 Å². The lowest BCUT2D eigenvalue weighted by molar-refractivity contribution is 0.0996. The Hall–Kier alpha value is -3.43. The number of nitrogens with two attached hydrogens (primary N) is 1. The van der Waals surface area contributed by atoms with Gasteiger partial charge in [0.25, 0.3) is 0 Å². The van der Waals surface area contributed by atoms with Crippen LogP contribution in [0, 0.1) is 17.7 Å². The lowest BCUT2D eigenvalue weighted by Crippen LogP contribution is -2.16. The van der Waals surface area contributed by atoms with Gasteiger partial charge < -0.3 is 15.4 Å². The van der Waals surface area contributed by atoms with Gasteiger partial charge in [-0.1, -0.05) is 24.0 Å². The molecule has 3 aromatic rings. The Morgan fingerprint density at radius 1 is 1.30 bits per heavy atom. The molecule has 0 saturated carbocycles. The molecule has 0 bridgehead atoms. The summed E-state index contributed by atoms with van der Waals surface area (Å²) in [6.07, 6.45) is 3.11. The molecule has 27 heavy (non-hydrogen) atoms. The Labute approximate surface area is 156 Å². The largest absolute Gasteiger partial charge is 0.399 e. The maximum absolute atomic E-state index is 14.0. The van der Waals surface area contributed by atoms with Gasteiger partial charge in [-0.25, -0.2) is 9.37 Å². The third kappa shape index (κ3) is 4.05. The average Bonchev–Trinajstić information content (AvgIpc) is 3.13. The van der Waals surface area contributed by atoms with E-state index in [4.69, 9.17) is 5.73 Å². The van der Waals surface area contributed by atoms with E-state index >= 15 is 0 Å². The molecule has 6 heteroatoms. The fraction of sp³-hybridized carbons (Fsp3) is 0.143. The Morgan fingerprint density at radius 2 is 2.04 bits per heavy atom. The number of aliphatic hydroxyl groups excluding tert-OH is 1. The van der Waals surface area contributed by atoms with Crippen LogP contribution in [-0.4, -0.2) is 27.0 Å². The summed E-state index contributed by atoms with van der Waals surface area (Å²) in [4.78, 5) is 15.6. The molecule has 1 atom stereocenters. The van der Waals surface area contributed by atoms with Gasteiger partial charge in [0.15, 0.2) is 11.6 Å². The van der Waals surface area contributed by atoms with Crippen LogP contribution in [0.15, 0.2) is 54.9 Å². The summed E-state index contributed by atoms with van der Waals surface area (Å²) in [5.41, 5.74) is 7.83. The zero-order chi connectivity index (χ0) is 19.4. The first-order valence-corrected chi connectivity index (χ1v) is 8.31. The maximum Gasteiger partial charge on any atom is 0.195 e. The van der Waals surface area contributed by atoms with Crippen molar-refractivity contribution in [3.63, 3.8) is 0 Å². The Morgan fingerprint density at radius 3 is 2.67 bits per heavy atom. The molecule has 0 fully saturated rings. The zero-order valence-electron chi connectivity index (χ0n) is 14.7. The smallest absolute Gasteiger partial charge is 0.195 e. The summed E-state index contributed by atoms with van der Waals surface area (Å²) in [6, 6.07) is 11.1. The summed E-state index contributed by atoms with van der Waals surface area (Å²) in [6.45, 7) is 1.16. The van der Waals surface area contributed by atoms with E-state index in [0.29, 0.717) is 22.4 Å². The number of aromatic nitrogens is 2. The number of nitrogen functional groups attached to an aromatic ring is 1. The molecule has 1 heterocycles. The molecule has 0 aliphatic carbocycles. The summed E-state index contributed by atoms with van der Waals surface area (Å²) in [7, 11) is 0. The van der Waals surface area contributed by atoms with E-state index in [1.54, 1.807) is 47.2 Å². The number of hydrogen-bond donors (Lipinski definition) is 2. The van der Waals surface area contributed by atoms with Crippen molar-refractivity contribution in [1.29, 1.82) is 0 Å². The van der Waals surface area contributed by atoms with Crippen LogP contribution in [0.4, 0.5) is 10.1 Å². The van der Waals surface area contributed by atoms with Crippen molar-refractivity contribution < 1.29 is 14.3 Å². The molecule has 1 aromatic heterocycles. The molecular formula is C21H18FN3O2. The molecular weight excluding hydrogens is 345 g/mol. The highest BCUT2D eigenvalue weighted by Gasteiger charge is 2.14. The van der Waals surface area contributed by atoms with Crippen LogP contribution in [0.3, 0.4) is 0 Å². The van der Waals surface area contributed by atoms with Crippen molar-refractivity contribution in [3.8, 4) is 23.0 Å². The number of carbonyl (C=O) groups is 1. The van der Waals surface area contributed by atoms with Gasteiger partial charge in [0.05, 0.1) is 6.61 Å². The molecule has 3 rings (SSSR count). The van der Waals surface area contributed by atoms with Gasteiger partial charge in [-0.2, -0.15) is 0 Å². The van der Waals surface area contributed by atoms with Crippen molar-refractivity contribution in [2.45, 2.75) is 13.0 Å². The third-order valence-corrected chi connectivity index (χ3v) is 4.06. The van der Waals surface area contributed by atoms with Crippen LogP contribution in [-0.2, 0) is 0 Å². The normalized spacial score (nSPS) is 11.5. The van der Waals surface area contributed by atoms with Gasteiger partial charge in [0, 0.05) is 36.1 Å². The van der Waals surface area contributed by atoms with Gasteiger partial charge in [0.2, 0.25) is 0 Å². The van der Waals surface area contributed by atoms with Gasteiger partial charge in [-0.15, -0.1) is 0 Å². The molecule has 136 valence electrons. The fourth-order valence-corrected chi connectivity index (χ4v) is 2.71. The number of rotatable bonds is 4. The summed E-state index contributed by atoms with van der Waals surface area (Å²) in [5, 5.41) is 9.61. The second-order valence-electron chi connectivity index (χ2n) is 6.00. The minimum Gasteiger partial charge on any atom is -0.399 e. The molecule has 0 amide bonds. The van der Waals surface area contributed by atoms with Crippen LogP contribution < -0.4 is 5.73 Å². The molecule has 2 aromatic carbocycles. The molecule has 0 unspecified atom stereocenters. The van der Waals surface area contributed by atoms with E-state index in [1.807, 2.05) is 0 Å². The van der Waals surface area contributed by atoms with Crippen molar-refractivity contribution >= 4 is 11.5 Å². The number of carbonyl (C=O) groups excluding carboxylic acids is 1. The number of anilines is 1. The van der Waals surface area contributed by atoms with Crippen molar-refractivity contribution in [1.82, 2.24) is 9.55 Å². The van der Waals surface area contributed by atoms with E-state index in [1.165, 1.54) is 19.2 Å². The maximum atomic E-state index is 14.0. The van der Waals surface area contributed by atoms with Gasteiger partial charge in [-0.05, 0) is 35.9 Å². The predicted molar refractivity (Wildman–Crippen MR) is 101 cm³/mol. The number of nitrogens with zero attached hydrogens (tertiary/aromatic N) is 2. The average molecular weight is 363 g/mol. The van der Waals surface area contributed by atoms with Crippen LogP contribution in [0.5, 0.6) is 0 Å². The van der Waals surface area contributed by atoms with Crippen LogP contribution in [0.1, 0.15) is 29.1 Å². The first-order valence-electron chi connectivity index (χ1n) is 8.31. The fourth-order valence-electron chi connectivity index (χ4n) is 2.71. The predicted octanol–water partition coefficient (Wildman–Crippen LogP) is 3.06. The Bertz CT molecular complexity index is 1030. The zero-order valence-corrected chi connectivity index (χ0v) is 14.7. The standard InChI is InChI=1S/C21H18FN3O2/c1-14(27)21-24-10-11-25(21)18(13-26)8-4-15-2-5-16(6-3-15)19-9-7-17(23)12-20(19)22/h2-3,5-7,9-12,18,26H,13,23H2,1H3/t18-/m0/s1. The quantitative estimate of drug-likeness (QED) is 0.424. The SMILES string of the molecule is CC(=O)c1nccn1[C@@H](C#Cc1ccc(-c2ccc(N)cc2F)cc1)CO. The van der Waals surface area contributed by atoms with Crippen molar-refractivity contribution in [2.75, 3.05) is 12.3 Å². The number of aliphatic hydroxyl groups is 1. The highest BCUT2D eigenvalue weighted by molar-refractivity contribution is 5.90. The lowest BCUT2D eigenvalue weighted by Gasteiger charge is -2.11. The molecule has 0 radical (unpaired) electrons. The monoisotopic (exact) mass is 363 g/mol. The van der Waals surface area contributed by atoms with Gasteiger partial charge >= 0.3 is 0 Å². The number of benzene rings is 2. The second kappa shape index (κ2) is 7.85. The summed E-state index contributed by atoms with van der Waals surface area (Å²) < 4.78 is 15.6. The second-order valence-corrected chi connectivity index (χ2v) is 6.00. The Balaban J connectivity index is 1.84. The van der Waals surface area contributed by atoms with Crippen molar-refractivity contribution in [3.05, 3.63) is 72.1 Å². The minimum absolute atomic E-state index is 0.199. The molecule has 0 aliphatic heterocycles. The molecule has 0 spiro atoms. The van der Waals surface area contributed by atoms with Gasteiger partial charge in [-0.3, -0.25) is 4.79 Å². The lowest BCUT2D eigenvalue weighted by atomic mass is 10.0. The Kier molecular flexibility index (Phi) is 5.34. The van der Waals surface area contributed by atoms with Gasteiger partial charge in [0.1, 0.15) is 11.9 Å². The number of imidazole rings is 1. The first kappa shape index (κ1) is 18.4. The van der Waals surface area contributed by atoms with E-state index in [2.05, 4.69) is 16.8 Å². The molecule has 5 nitrogen and oxygen atoms in total. The van der Waals surface area contributed by atoms with E-state index < -0.39 is 6.04 Å². The summed E-state index contributed by atoms with van der Waals surface area (Å²) >= 11 is 0. The topological polar surface area (TPSA) is 81.1 Å². The number of ketones is 1. The van der Waals surface area contributed by atoms with Crippen molar-refractivity contribution in [2.24, 2.45) is 0 Å². The number of halogens is 1. The highest BCUT2D eigenvalue weighted by Crippen LogP contribution is 2.24. The molecule has 3 N–H and O–H groups in total. The summed E-state index contributed by atoms with van der Waals surface area (Å²) in [5.74, 6) is 5.58. The van der Waals surface area contributed by atoms with E-state index in [-0.39, 0.29) is 24.0 Å². The highest BCUT2D eigenvalue weighted by atomic mass is 19.1. The van der Waals surface area contributed by atoms with Crippen LogP contribution in [0.2, 0.25) is 0 Å².